The molecule has 13 heteroatoms. The Kier molecular flexibility index (Phi) is 7.42. The molecule has 194 valence electrons. The molecule has 3 aromatic rings. The molecule has 0 spiro atoms. The zero-order valence-corrected chi connectivity index (χ0v) is 21.3. The number of nitrogens with two attached hydrogens (primary N) is 1. The molecule has 2 aliphatic rings. The topological polar surface area (TPSA) is 151 Å². The van der Waals surface area contributed by atoms with Crippen molar-refractivity contribution in [3.05, 3.63) is 46.6 Å². The molecule has 4 N–H and O–H groups in total. The van der Waals surface area contributed by atoms with Crippen LogP contribution in [0, 0.1) is 6.92 Å². The van der Waals surface area contributed by atoms with Crippen molar-refractivity contribution in [2.45, 2.75) is 25.8 Å². The van der Waals surface area contributed by atoms with Crippen LogP contribution in [0.2, 0.25) is 0 Å². The van der Waals surface area contributed by atoms with E-state index in [4.69, 9.17) is 10.5 Å². The number of rotatable bonds is 7. The highest BCUT2D eigenvalue weighted by atomic mass is 32.1. The summed E-state index contributed by atoms with van der Waals surface area (Å²) in [7, 11) is 0. The number of nitrogens with zero attached hydrogens (tertiary/aromatic N) is 6. The van der Waals surface area contributed by atoms with Gasteiger partial charge in [0.15, 0.2) is 16.6 Å². The Morgan fingerprint density at radius 3 is 2.62 bits per heavy atom. The zero-order chi connectivity index (χ0) is 25.8. The Hall–Kier alpha value is -3.84. The number of piperidine rings is 1. The number of benzene rings is 1. The molecule has 0 radical (unpaired) electrons. The van der Waals surface area contributed by atoms with Crippen LogP contribution < -0.4 is 21.3 Å². The maximum Gasteiger partial charge on any atom is 0.273 e. The number of morpholine rings is 1. The highest BCUT2D eigenvalue weighted by molar-refractivity contribution is 7.15. The van der Waals surface area contributed by atoms with E-state index in [-0.39, 0.29) is 23.5 Å². The van der Waals surface area contributed by atoms with Gasteiger partial charge in [0.05, 0.1) is 13.2 Å². The monoisotopic (exact) mass is 523 g/mol. The second-order valence-electron chi connectivity index (χ2n) is 8.99. The molecule has 1 atom stereocenters. The lowest BCUT2D eigenvalue weighted by molar-refractivity contribution is 0.0303. The summed E-state index contributed by atoms with van der Waals surface area (Å²) < 4.78 is 5.32. The lowest BCUT2D eigenvalue weighted by Gasteiger charge is -2.33. The third-order valence-electron chi connectivity index (χ3n) is 6.25. The predicted octanol–water partition coefficient (Wildman–Crippen LogP) is 2.03. The Morgan fingerprint density at radius 2 is 1.92 bits per heavy atom. The average Bonchev–Trinajstić information content (AvgIpc) is 3.33. The molecular formula is C24H29N9O3S. The smallest absolute Gasteiger partial charge is 0.273 e. The summed E-state index contributed by atoms with van der Waals surface area (Å²) in [5.74, 6) is -0.144. The van der Waals surface area contributed by atoms with Crippen molar-refractivity contribution < 1.29 is 14.3 Å². The minimum absolute atomic E-state index is 0.0418. The maximum atomic E-state index is 12.7. The number of ether oxygens (including phenoxy) is 1. The van der Waals surface area contributed by atoms with E-state index in [1.807, 2.05) is 18.0 Å². The van der Waals surface area contributed by atoms with Crippen molar-refractivity contribution in [3.8, 4) is 0 Å². The molecule has 4 heterocycles. The van der Waals surface area contributed by atoms with Crippen LogP contribution in [0.25, 0.3) is 0 Å². The number of aryl methyl sites for hydroxylation is 1. The van der Waals surface area contributed by atoms with Crippen LogP contribution in [0.15, 0.2) is 30.5 Å². The zero-order valence-electron chi connectivity index (χ0n) is 20.5. The van der Waals surface area contributed by atoms with Gasteiger partial charge in [0, 0.05) is 54.5 Å². The van der Waals surface area contributed by atoms with Gasteiger partial charge >= 0.3 is 0 Å². The van der Waals surface area contributed by atoms with Crippen molar-refractivity contribution in [1.29, 1.82) is 0 Å². The molecule has 5 rings (SSSR count). The largest absolute Gasteiger partial charge is 0.378 e. The van der Waals surface area contributed by atoms with Gasteiger partial charge in [-0.05, 0) is 44.0 Å². The van der Waals surface area contributed by atoms with E-state index in [1.165, 1.54) is 0 Å². The number of carbonyl (C=O) groups excluding carboxylic acids is 2. The summed E-state index contributed by atoms with van der Waals surface area (Å²) in [6, 6.07) is 7.18. The summed E-state index contributed by atoms with van der Waals surface area (Å²) in [5.41, 5.74) is 6.71. The molecule has 0 unspecified atom stereocenters. The second-order valence-corrected chi connectivity index (χ2v) is 10.2. The highest BCUT2D eigenvalue weighted by Gasteiger charge is 2.25. The summed E-state index contributed by atoms with van der Waals surface area (Å²) >= 11 is 1.62. The van der Waals surface area contributed by atoms with Crippen LogP contribution in [0.5, 0.6) is 0 Å². The number of anilines is 4. The highest BCUT2D eigenvalue weighted by Crippen LogP contribution is 2.25. The minimum Gasteiger partial charge on any atom is -0.378 e. The molecule has 2 amide bonds. The average molecular weight is 524 g/mol. The number of hydrogen-bond acceptors (Lipinski definition) is 11. The minimum atomic E-state index is -0.731. The van der Waals surface area contributed by atoms with Crippen LogP contribution in [-0.2, 0) is 4.74 Å². The SMILES string of the molecule is Cc1cnc(N[C@@H]2CCCN(c3nnc(C(N)=O)c(Nc4ccc(C(=O)N5CCOCC5)cc4)n3)C2)s1. The number of hydrogen-bond donors (Lipinski definition) is 3. The number of primary amides is 1. The van der Waals surface area contributed by atoms with E-state index in [0.717, 1.165) is 29.4 Å². The predicted molar refractivity (Wildman–Crippen MR) is 141 cm³/mol. The fraction of sp³-hybridized carbons (Fsp3) is 0.417. The van der Waals surface area contributed by atoms with E-state index in [1.54, 1.807) is 40.5 Å². The molecular weight excluding hydrogens is 494 g/mol. The molecule has 0 saturated carbocycles. The third kappa shape index (κ3) is 5.94. The number of nitrogens with one attached hydrogen (secondary N) is 2. The van der Waals surface area contributed by atoms with Crippen LogP contribution in [0.4, 0.5) is 22.6 Å². The first-order chi connectivity index (χ1) is 18.0. The van der Waals surface area contributed by atoms with Gasteiger partial charge in [0.2, 0.25) is 5.95 Å². The van der Waals surface area contributed by atoms with Crippen LogP contribution in [0.3, 0.4) is 0 Å². The molecule has 0 aliphatic carbocycles. The summed E-state index contributed by atoms with van der Waals surface area (Å²) in [5, 5.41) is 15.8. The summed E-state index contributed by atoms with van der Waals surface area (Å²) in [6.07, 6.45) is 3.80. The Morgan fingerprint density at radius 1 is 1.14 bits per heavy atom. The van der Waals surface area contributed by atoms with Gasteiger partial charge in [-0.2, -0.15) is 4.98 Å². The van der Waals surface area contributed by atoms with Crippen molar-refractivity contribution in [2.24, 2.45) is 5.73 Å². The Labute approximate surface area is 218 Å². The molecule has 2 fully saturated rings. The quantitative estimate of drug-likeness (QED) is 0.419. The number of aromatic nitrogens is 4. The Balaban J connectivity index is 1.30. The molecule has 37 heavy (non-hydrogen) atoms. The van der Waals surface area contributed by atoms with E-state index in [9.17, 15) is 9.59 Å². The first-order valence-corrected chi connectivity index (χ1v) is 13.0. The molecule has 1 aromatic carbocycles. The van der Waals surface area contributed by atoms with Crippen molar-refractivity contribution in [3.63, 3.8) is 0 Å². The van der Waals surface area contributed by atoms with Gasteiger partial charge in [0.1, 0.15) is 0 Å². The fourth-order valence-electron chi connectivity index (χ4n) is 4.36. The van der Waals surface area contributed by atoms with Crippen molar-refractivity contribution >= 4 is 45.7 Å². The van der Waals surface area contributed by atoms with E-state index < -0.39 is 5.91 Å². The lowest BCUT2D eigenvalue weighted by atomic mass is 10.1. The standard InChI is InChI=1S/C24H29N9O3S/c1-15-13-26-24(37-15)28-18-3-2-8-33(14-18)23-29-21(19(20(25)34)30-31-23)27-17-6-4-16(5-7-17)22(35)32-9-11-36-12-10-32/h4-7,13,18H,2-3,8-12,14H2,1H3,(H2,25,34)(H,26,28)(H,27,29,31)/t18-/m1/s1. The third-order valence-corrected chi connectivity index (χ3v) is 7.10. The number of thiazole rings is 1. The van der Waals surface area contributed by atoms with Crippen molar-refractivity contribution in [1.82, 2.24) is 25.1 Å². The van der Waals surface area contributed by atoms with Gasteiger partial charge in [-0.25, -0.2) is 4.98 Å². The number of carbonyl (C=O) groups is 2. The molecule has 0 bridgehead atoms. The normalized spacial score (nSPS) is 17.9. The maximum absolute atomic E-state index is 12.7. The summed E-state index contributed by atoms with van der Waals surface area (Å²) in [4.78, 5) is 38.7. The Bertz CT molecular complexity index is 1260. The van der Waals surface area contributed by atoms with Crippen LogP contribution in [-0.4, -0.2) is 82.3 Å². The number of amides is 2. The first kappa shape index (κ1) is 24.8. The first-order valence-electron chi connectivity index (χ1n) is 12.2. The molecule has 2 aromatic heterocycles. The lowest BCUT2D eigenvalue weighted by Crippen LogP contribution is -2.43. The van der Waals surface area contributed by atoms with Gasteiger partial charge in [-0.3, -0.25) is 9.59 Å². The van der Waals surface area contributed by atoms with Gasteiger partial charge in [-0.1, -0.05) is 0 Å². The summed E-state index contributed by atoms with van der Waals surface area (Å²) in [6.45, 7) is 5.71. The van der Waals surface area contributed by atoms with Crippen LogP contribution >= 0.6 is 11.3 Å². The van der Waals surface area contributed by atoms with Gasteiger partial charge < -0.3 is 30.9 Å². The van der Waals surface area contributed by atoms with Crippen molar-refractivity contribution in [2.75, 3.05) is 54.9 Å². The van der Waals surface area contributed by atoms with Gasteiger partial charge in [0.25, 0.3) is 11.8 Å². The van der Waals surface area contributed by atoms with Crippen LogP contribution in [0.1, 0.15) is 38.6 Å². The van der Waals surface area contributed by atoms with E-state index >= 15 is 0 Å². The molecule has 2 aliphatic heterocycles. The molecule has 2 saturated heterocycles. The fourth-order valence-corrected chi connectivity index (χ4v) is 5.10. The molecule has 12 nitrogen and oxygen atoms in total. The van der Waals surface area contributed by atoms with E-state index in [2.05, 4.69) is 30.8 Å². The van der Waals surface area contributed by atoms with E-state index in [0.29, 0.717) is 50.0 Å². The second kappa shape index (κ2) is 11.0. The van der Waals surface area contributed by atoms with Gasteiger partial charge in [-0.15, -0.1) is 21.5 Å².